The van der Waals surface area contributed by atoms with Gasteiger partial charge in [0.1, 0.15) is 22.1 Å². The van der Waals surface area contributed by atoms with E-state index in [1.54, 1.807) is 6.92 Å². The van der Waals surface area contributed by atoms with Gasteiger partial charge in [-0.3, -0.25) is 9.69 Å². The summed E-state index contributed by atoms with van der Waals surface area (Å²) in [7, 11) is 0. The summed E-state index contributed by atoms with van der Waals surface area (Å²) in [5, 5.41) is 3.85. The molecule has 134 valence electrons. The summed E-state index contributed by atoms with van der Waals surface area (Å²) in [6, 6.07) is 0.416. The molecule has 1 fully saturated rings. The monoisotopic (exact) mass is 362 g/mol. The van der Waals surface area contributed by atoms with E-state index in [0.717, 1.165) is 19.6 Å². The number of carbonyl (C=O) groups excluding carboxylic acids is 1. The molecule has 0 unspecified atom stereocenters. The fourth-order valence-electron chi connectivity index (χ4n) is 3.03. The van der Waals surface area contributed by atoms with Crippen LogP contribution in [0.25, 0.3) is 10.2 Å². The van der Waals surface area contributed by atoms with Crippen LogP contribution < -0.4 is 10.9 Å². The van der Waals surface area contributed by atoms with Crippen molar-refractivity contribution < 1.29 is 9.53 Å². The molecule has 1 atom stereocenters. The lowest BCUT2D eigenvalue weighted by atomic mass is 10.2. The molecule has 2 aromatic rings. The molecule has 7 nitrogen and oxygen atoms in total. The van der Waals surface area contributed by atoms with E-state index in [0.29, 0.717) is 39.1 Å². The van der Waals surface area contributed by atoms with Crippen molar-refractivity contribution in [3.05, 3.63) is 39.3 Å². The second kappa shape index (κ2) is 7.47. The van der Waals surface area contributed by atoms with E-state index in [4.69, 9.17) is 4.74 Å². The molecule has 2 aromatic heterocycles. The van der Waals surface area contributed by atoms with E-state index in [1.807, 2.05) is 0 Å². The second-order valence-corrected chi connectivity index (χ2v) is 7.23. The summed E-state index contributed by atoms with van der Waals surface area (Å²) in [6.07, 6.45) is 1.51. The first-order chi connectivity index (χ1) is 12.0. The van der Waals surface area contributed by atoms with Gasteiger partial charge in [-0.1, -0.05) is 12.7 Å². The molecular formula is C17H22N4O3S. The largest absolute Gasteiger partial charge is 0.457 e. The number of fused-ring (bicyclic) bond motifs is 1. The Kier molecular flexibility index (Phi) is 5.31. The molecule has 2 N–H and O–H groups in total. The highest BCUT2D eigenvalue weighted by Gasteiger charge is 2.21. The standard InChI is InChI=1S/C17H22N4O3S/c1-4-7-24-17(23)14-11(3)13-15(22)19-12(20-16(13)25-14)9-21-6-5-18-10(2)8-21/h4,10,18H,1,5-9H2,2-3H3,(H,19,20,22)/t10-/m0/s1. The van der Waals surface area contributed by atoms with E-state index in [-0.39, 0.29) is 12.2 Å². The maximum absolute atomic E-state index is 12.5. The number of ether oxygens (including phenoxy) is 1. The van der Waals surface area contributed by atoms with Crippen molar-refractivity contribution in [2.45, 2.75) is 26.4 Å². The van der Waals surface area contributed by atoms with Crippen molar-refractivity contribution in [1.82, 2.24) is 20.2 Å². The van der Waals surface area contributed by atoms with Crippen LogP contribution in [0.15, 0.2) is 17.4 Å². The molecule has 25 heavy (non-hydrogen) atoms. The Labute approximate surface area is 149 Å². The topological polar surface area (TPSA) is 87.3 Å². The van der Waals surface area contributed by atoms with Crippen LogP contribution in [-0.4, -0.2) is 53.1 Å². The summed E-state index contributed by atoms with van der Waals surface area (Å²) >= 11 is 1.20. The molecule has 0 aliphatic carbocycles. The number of aromatic nitrogens is 2. The van der Waals surface area contributed by atoms with Gasteiger partial charge < -0.3 is 15.0 Å². The van der Waals surface area contributed by atoms with Crippen molar-refractivity contribution in [3.63, 3.8) is 0 Å². The quantitative estimate of drug-likeness (QED) is 0.618. The number of esters is 1. The van der Waals surface area contributed by atoms with Gasteiger partial charge in [0, 0.05) is 25.7 Å². The second-order valence-electron chi connectivity index (χ2n) is 6.23. The van der Waals surface area contributed by atoms with Crippen LogP contribution in [0.2, 0.25) is 0 Å². The molecule has 1 saturated heterocycles. The van der Waals surface area contributed by atoms with E-state index in [1.165, 1.54) is 17.4 Å². The molecule has 0 radical (unpaired) electrons. The SMILES string of the molecule is C=CCOC(=O)c1sc2nc(CN3CCN[C@@H](C)C3)[nH]c(=O)c2c1C. The van der Waals surface area contributed by atoms with Gasteiger partial charge in [0.15, 0.2) is 0 Å². The van der Waals surface area contributed by atoms with Gasteiger partial charge in [0.2, 0.25) is 0 Å². The molecule has 0 spiro atoms. The molecule has 3 rings (SSSR count). The third-order valence-electron chi connectivity index (χ3n) is 4.19. The van der Waals surface area contributed by atoms with Crippen LogP contribution in [0.3, 0.4) is 0 Å². The third-order valence-corrected chi connectivity index (χ3v) is 5.36. The molecule has 0 saturated carbocycles. The lowest BCUT2D eigenvalue weighted by Crippen LogP contribution is -2.48. The van der Waals surface area contributed by atoms with Crippen LogP contribution in [0, 0.1) is 6.92 Å². The van der Waals surface area contributed by atoms with Crippen LogP contribution in [0.1, 0.15) is 28.0 Å². The number of nitrogens with zero attached hydrogens (tertiary/aromatic N) is 2. The van der Waals surface area contributed by atoms with Crippen molar-refractivity contribution in [2.24, 2.45) is 0 Å². The van der Waals surface area contributed by atoms with Gasteiger partial charge in [-0.2, -0.15) is 0 Å². The predicted octanol–water partition coefficient (Wildman–Crippen LogP) is 1.43. The summed E-state index contributed by atoms with van der Waals surface area (Å²) in [4.78, 5) is 35.3. The number of rotatable bonds is 5. The van der Waals surface area contributed by atoms with Gasteiger partial charge >= 0.3 is 5.97 Å². The first kappa shape index (κ1) is 17.8. The number of H-pyrrole nitrogens is 1. The number of nitrogens with one attached hydrogen (secondary N) is 2. The van der Waals surface area contributed by atoms with Gasteiger partial charge in [0.05, 0.1) is 11.9 Å². The lowest BCUT2D eigenvalue weighted by molar-refractivity contribution is 0.0555. The number of carbonyl (C=O) groups is 1. The minimum absolute atomic E-state index is 0.142. The summed E-state index contributed by atoms with van der Waals surface area (Å²) in [5.41, 5.74) is 0.407. The number of piperazine rings is 1. The van der Waals surface area contributed by atoms with Gasteiger partial charge in [-0.15, -0.1) is 11.3 Å². The Bertz CT molecular complexity index is 857. The number of aromatic amines is 1. The van der Waals surface area contributed by atoms with E-state index >= 15 is 0 Å². The van der Waals surface area contributed by atoms with Gasteiger partial charge in [-0.25, -0.2) is 9.78 Å². The zero-order valence-corrected chi connectivity index (χ0v) is 15.2. The number of thiophene rings is 1. The Balaban J connectivity index is 1.89. The van der Waals surface area contributed by atoms with E-state index in [9.17, 15) is 9.59 Å². The van der Waals surface area contributed by atoms with Gasteiger partial charge in [-0.05, 0) is 19.4 Å². The highest BCUT2D eigenvalue weighted by Crippen LogP contribution is 2.27. The van der Waals surface area contributed by atoms with Crippen LogP contribution in [0.4, 0.5) is 0 Å². The van der Waals surface area contributed by atoms with E-state index in [2.05, 4.69) is 33.7 Å². The highest BCUT2D eigenvalue weighted by molar-refractivity contribution is 7.20. The van der Waals surface area contributed by atoms with Crippen molar-refractivity contribution in [2.75, 3.05) is 26.2 Å². The zero-order chi connectivity index (χ0) is 18.0. The molecular weight excluding hydrogens is 340 g/mol. The van der Waals surface area contributed by atoms with Crippen molar-refractivity contribution in [3.8, 4) is 0 Å². The maximum atomic E-state index is 12.5. The fraction of sp³-hybridized carbons (Fsp3) is 0.471. The molecule has 1 aliphatic rings. The number of aryl methyl sites for hydroxylation is 1. The average Bonchev–Trinajstić information content (AvgIpc) is 2.90. The normalized spacial score (nSPS) is 18.4. The Morgan fingerprint density at radius 3 is 3.08 bits per heavy atom. The number of hydrogen-bond donors (Lipinski definition) is 2. The van der Waals surface area contributed by atoms with Crippen LogP contribution in [0.5, 0.6) is 0 Å². The minimum atomic E-state index is -0.447. The highest BCUT2D eigenvalue weighted by atomic mass is 32.1. The van der Waals surface area contributed by atoms with Crippen molar-refractivity contribution in [1.29, 1.82) is 0 Å². The van der Waals surface area contributed by atoms with Crippen LogP contribution in [-0.2, 0) is 11.3 Å². The third kappa shape index (κ3) is 3.81. The Morgan fingerprint density at radius 2 is 2.36 bits per heavy atom. The summed E-state index contributed by atoms with van der Waals surface area (Å²) in [6.45, 7) is 10.9. The molecule has 3 heterocycles. The lowest BCUT2D eigenvalue weighted by Gasteiger charge is -2.31. The predicted molar refractivity (Wildman–Crippen MR) is 98.2 cm³/mol. The first-order valence-electron chi connectivity index (χ1n) is 8.25. The first-order valence-corrected chi connectivity index (χ1v) is 9.07. The fourth-order valence-corrected chi connectivity index (χ4v) is 4.12. The zero-order valence-electron chi connectivity index (χ0n) is 14.4. The summed E-state index contributed by atoms with van der Waals surface area (Å²) in [5.74, 6) is 0.177. The Hall–Kier alpha value is -2.03. The number of hydrogen-bond acceptors (Lipinski definition) is 7. The molecule has 1 aliphatic heterocycles. The maximum Gasteiger partial charge on any atom is 0.348 e. The molecule has 0 bridgehead atoms. The van der Waals surface area contributed by atoms with Crippen LogP contribution >= 0.6 is 11.3 Å². The Morgan fingerprint density at radius 1 is 1.56 bits per heavy atom. The molecule has 0 aromatic carbocycles. The average molecular weight is 362 g/mol. The van der Waals surface area contributed by atoms with Crippen molar-refractivity contribution >= 4 is 27.5 Å². The molecule has 0 amide bonds. The molecule has 8 heteroatoms. The van der Waals surface area contributed by atoms with E-state index < -0.39 is 5.97 Å². The van der Waals surface area contributed by atoms with Gasteiger partial charge in [0.25, 0.3) is 5.56 Å². The smallest absolute Gasteiger partial charge is 0.348 e. The minimum Gasteiger partial charge on any atom is -0.457 e. The summed E-state index contributed by atoms with van der Waals surface area (Å²) < 4.78 is 5.09.